The lowest BCUT2D eigenvalue weighted by Gasteiger charge is -2.13. The molecule has 9 nitrogen and oxygen atoms in total. The number of benzene rings is 4. The van der Waals surface area contributed by atoms with Crippen LogP contribution in [0.5, 0.6) is 23.0 Å². The minimum Gasteiger partial charge on any atom is -0.493 e. The molecule has 0 saturated heterocycles. The van der Waals surface area contributed by atoms with E-state index in [1.54, 1.807) is 18.2 Å². The van der Waals surface area contributed by atoms with Crippen molar-refractivity contribution in [1.82, 2.24) is 5.43 Å². The molecule has 0 aliphatic rings. The first kappa shape index (κ1) is 30.7. The van der Waals surface area contributed by atoms with Crippen molar-refractivity contribution in [2.75, 3.05) is 13.7 Å². The van der Waals surface area contributed by atoms with Gasteiger partial charge in [-0.1, -0.05) is 53.5 Å². The van der Waals surface area contributed by atoms with Crippen molar-refractivity contribution in [3.05, 3.63) is 112 Å². The molecule has 0 spiro atoms. The predicted octanol–water partition coefficient (Wildman–Crippen LogP) is 6.51. The van der Waals surface area contributed by atoms with Gasteiger partial charge in [0.1, 0.15) is 11.5 Å². The first-order valence-electron chi connectivity index (χ1n) is 12.5. The van der Waals surface area contributed by atoms with Crippen LogP contribution in [0.15, 0.2) is 94.9 Å². The Morgan fingerprint density at radius 3 is 2.33 bits per heavy atom. The molecule has 0 bridgehead atoms. The van der Waals surface area contributed by atoms with Crippen LogP contribution in [-0.2, 0) is 16.7 Å². The highest BCUT2D eigenvalue weighted by Gasteiger charge is 2.22. The molecule has 4 rings (SSSR count). The van der Waals surface area contributed by atoms with Gasteiger partial charge in [-0.2, -0.15) is 13.5 Å². The summed E-state index contributed by atoms with van der Waals surface area (Å²) in [6.07, 6.45) is 1.32. The lowest BCUT2D eigenvalue weighted by Crippen LogP contribution is -2.17. The van der Waals surface area contributed by atoms with E-state index in [0.717, 1.165) is 5.56 Å². The SMILES string of the molecule is CCOc1cc(C(=O)N/N=C/c2cc(Cl)c(OS(=O)(=O)c3ccc(Cl)cc3)c(OC)c2)ccc1OCc1ccccc1. The van der Waals surface area contributed by atoms with Crippen molar-refractivity contribution in [1.29, 1.82) is 0 Å². The lowest BCUT2D eigenvalue weighted by atomic mass is 10.2. The summed E-state index contributed by atoms with van der Waals surface area (Å²) >= 11 is 12.2. The molecule has 0 saturated carbocycles. The summed E-state index contributed by atoms with van der Waals surface area (Å²) in [6.45, 7) is 2.56. The maximum atomic E-state index is 12.8. The van der Waals surface area contributed by atoms with Gasteiger partial charge in [0.25, 0.3) is 5.91 Å². The van der Waals surface area contributed by atoms with Gasteiger partial charge in [-0.15, -0.1) is 0 Å². The van der Waals surface area contributed by atoms with Crippen molar-refractivity contribution < 1.29 is 31.6 Å². The molecule has 218 valence electrons. The Hall–Kier alpha value is -4.25. The average molecular weight is 630 g/mol. The van der Waals surface area contributed by atoms with Crippen LogP contribution < -0.4 is 23.8 Å². The Balaban J connectivity index is 1.45. The number of ether oxygens (including phenoxy) is 3. The summed E-state index contributed by atoms with van der Waals surface area (Å²) in [6, 6.07) is 22.9. The number of methoxy groups -OCH3 is 1. The molecular weight excluding hydrogens is 603 g/mol. The van der Waals surface area contributed by atoms with E-state index in [2.05, 4.69) is 10.5 Å². The van der Waals surface area contributed by atoms with Crippen LogP contribution in [0.1, 0.15) is 28.4 Å². The third kappa shape index (κ3) is 7.94. The van der Waals surface area contributed by atoms with E-state index >= 15 is 0 Å². The number of amides is 1. The molecule has 0 aliphatic heterocycles. The van der Waals surface area contributed by atoms with Gasteiger partial charge in [-0.3, -0.25) is 4.79 Å². The van der Waals surface area contributed by atoms with E-state index in [4.69, 9.17) is 41.6 Å². The van der Waals surface area contributed by atoms with E-state index in [9.17, 15) is 13.2 Å². The second-order valence-corrected chi connectivity index (χ2v) is 11.0. The first-order valence-corrected chi connectivity index (χ1v) is 14.7. The summed E-state index contributed by atoms with van der Waals surface area (Å²) in [4.78, 5) is 12.7. The van der Waals surface area contributed by atoms with Crippen molar-refractivity contribution in [3.8, 4) is 23.0 Å². The van der Waals surface area contributed by atoms with E-state index in [1.807, 2.05) is 37.3 Å². The topological polar surface area (TPSA) is 113 Å². The Labute approximate surface area is 253 Å². The monoisotopic (exact) mass is 628 g/mol. The van der Waals surface area contributed by atoms with Crippen LogP contribution in [0.4, 0.5) is 0 Å². The van der Waals surface area contributed by atoms with Gasteiger partial charge in [0.2, 0.25) is 5.75 Å². The quantitative estimate of drug-likeness (QED) is 0.108. The predicted molar refractivity (Wildman–Crippen MR) is 161 cm³/mol. The Kier molecular flexibility index (Phi) is 10.3. The first-order chi connectivity index (χ1) is 20.2. The zero-order chi connectivity index (χ0) is 30.1. The zero-order valence-electron chi connectivity index (χ0n) is 22.5. The molecule has 0 unspecified atom stereocenters. The summed E-state index contributed by atoms with van der Waals surface area (Å²) in [5.74, 6) is 0.274. The van der Waals surface area contributed by atoms with Gasteiger partial charge < -0.3 is 18.4 Å². The molecule has 4 aromatic rings. The maximum absolute atomic E-state index is 12.8. The summed E-state index contributed by atoms with van der Waals surface area (Å²) in [5.41, 5.74) is 4.15. The maximum Gasteiger partial charge on any atom is 0.339 e. The highest BCUT2D eigenvalue weighted by Crippen LogP contribution is 2.38. The fourth-order valence-electron chi connectivity index (χ4n) is 3.66. The molecule has 1 amide bonds. The zero-order valence-corrected chi connectivity index (χ0v) is 24.9. The van der Waals surface area contributed by atoms with Crippen molar-refractivity contribution in [2.45, 2.75) is 18.4 Å². The van der Waals surface area contributed by atoms with Crippen LogP contribution in [0.25, 0.3) is 0 Å². The third-order valence-electron chi connectivity index (χ3n) is 5.67. The van der Waals surface area contributed by atoms with E-state index in [-0.39, 0.29) is 21.4 Å². The van der Waals surface area contributed by atoms with Gasteiger partial charge in [-0.05, 0) is 72.6 Å². The van der Waals surface area contributed by atoms with Crippen LogP contribution >= 0.6 is 23.2 Å². The minimum absolute atomic E-state index is 0.0419. The fourth-order valence-corrected chi connectivity index (χ4v) is 5.04. The fraction of sp³-hybridized carbons (Fsp3) is 0.133. The number of carbonyl (C=O) groups is 1. The van der Waals surface area contributed by atoms with Gasteiger partial charge in [-0.25, -0.2) is 5.43 Å². The molecule has 0 radical (unpaired) electrons. The molecule has 0 aromatic heterocycles. The number of carbonyl (C=O) groups excluding carboxylic acids is 1. The Morgan fingerprint density at radius 1 is 0.905 bits per heavy atom. The lowest BCUT2D eigenvalue weighted by molar-refractivity contribution is 0.0954. The largest absolute Gasteiger partial charge is 0.493 e. The van der Waals surface area contributed by atoms with Gasteiger partial charge >= 0.3 is 10.1 Å². The molecule has 0 aliphatic carbocycles. The molecule has 1 N–H and O–H groups in total. The number of rotatable bonds is 12. The minimum atomic E-state index is -4.22. The van der Waals surface area contributed by atoms with Gasteiger partial charge in [0.05, 0.1) is 25.0 Å². The molecule has 42 heavy (non-hydrogen) atoms. The second-order valence-electron chi connectivity index (χ2n) is 8.59. The number of nitrogens with zero attached hydrogens (tertiary/aromatic N) is 1. The average Bonchev–Trinajstić information content (AvgIpc) is 2.98. The molecule has 0 atom stereocenters. The van der Waals surface area contributed by atoms with Crippen LogP contribution in [0.3, 0.4) is 0 Å². The summed E-state index contributed by atoms with van der Waals surface area (Å²) < 4.78 is 47.5. The van der Waals surface area contributed by atoms with Crippen molar-refractivity contribution >= 4 is 45.4 Å². The van der Waals surface area contributed by atoms with E-state index < -0.39 is 16.0 Å². The van der Waals surface area contributed by atoms with Crippen LogP contribution in [0.2, 0.25) is 10.0 Å². The molecule has 0 heterocycles. The Bertz CT molecular complexity index is 1680. The van der Waals surface area contributed by atoms with Crippen LogP contribution in [0, 0.1) is 0 Å². The highest BCUT2D eigenvalue weighted by atomic mass is 35.5. The third-order valence-corrected chi connectivity index (χ3v) is 7.44. The highest BCUT2D eigenvalue weighted by molar-refractivity contribution is 7.87. The van der Waals surface area contributed by atoms with Crippen LogP contribution in [-0.4, -0.2) is 34.3 Å². The van der Waals surface area contributed by atoms with E-state index in [1.165, 1.54) is 49.7 Å². The van der Waals surface area contributed by atoms with Crippen molar-refractivity contribution in [2.24, 2.45) is 5.10 Å². The molecule has 12 heteroatoms. The standard InChI is InChI=1S/C30H26Cl2N2O7S/c1-3-39-27-17-22(9-14-26(27)40-19-20-7-5-4-6-8-20)30(35)34-33-18-21-15-25(32)29(28(16-21)38-2)41-42(36,37)24-12-10-23(31)11-13-24/h4-18H,3,19H2,1-2H3,(H,34,35)/b33-18+. The summed E-state index contributed by atoms with van der Waals surface area (Å²) in [7, 11) is -2.89. The normalized spacial score (nSPS) is 11.2. The number of hydrogen-bond acceptors (Lipinski definition) is 8. The number of nitrogens with one attached hydrogen (secondary N) is 1. The summed E-state index contributed by atoms with van der Waals surface area (Å²) in [5, 5.41) is 4.31. The molecule has 0 fully saturated rings. The Morgan fingerprint density at radius 2 is 1.64 bits per heavy atom. The second kappa shape index (κ2) is 14.1. The van der Waals surface area contributed by atoms with Crippen molar-refractivity contribution in [3.63, 3.8) is 0 Å². The smallest absolute Gasteiger partial charge is 0.339 e. The van der Waals surface area contributed by atoms with Gasteiger partial charge in [0.15, 0.2) is 17.2 Å². The van der Waals surface area contributed by atoms with E-state index in [0.29, 0.717) is 40.9 Å². The number of halogens is 2. The number of hydrogen-bond donors (Lipinski definition) is 1. The molecular formula is C30H26Cl2N2O7S. The number of hydrazone groups is 1. The molecule has 4 aromatic carbocycles. The van der Waals surface area contributed by atoms with Gasteiger partial charge in [0, 0.05) is 10.6 Å².